The fourth-order valence-electron chi connectivity index (χ4n) is 1.09. The maximum atomic E-state index is 12.4. The number of likely N-dealkylation sites (tertiary alicyclic amines) is 1. The summed E-state index contributed by atoms with van der Waals surface area (Å²) in [4.78, 5) is 1.09. The Morgan fingerprint density at radius 3 is 2.75 bits per heavy atom. The average molecular weight is 117 g/mol. The molecule has 0 aromatic heterocycles. The van der Waals surface area contributed by atoms with Crippen LogP contribution in [0.25, 0.3) is 0 Å². The second kappa shape index (κ2) is 2.44. The summed E-state index contributed by atoms with van der Waals surface area (Å²) in [5.41, 5.74) is 0. The molecule has 1 rings (SSSR count). The summed E-state index contributed by atoms with van der Waals surface area (Å²) in [5, 5.41) is 0. The molecule has 1 N–H and O–H groups in total. The molecule has 0 bridgehead atoms. The number of nitrogens with one attached hydrogen (secondary N) is 1. The van der Waals surface area contributed by atoms with Crippen molar-refractivity contribution in [2.75, 3.05) is 13.1 Å². The molecule has 0 radical (unpaired) electrons. The molecule has 1 aliphatic rings. The van der Waals surface area contributed by atoms with Crippen molar-refractivity contribution in [3.63, 3.8) is 0 Å². The molecule has 48 valence electrons. The zero-order valence-electron chi connectivity index (χ0n) is 4.99. The highest BCUT2D eigenvalue weighted by Gasteiger charge is 2.15. The Balaban J connectivity index is 2.23. The van der Waals surface area contributed by atoms with Gasteiger partial charge in [-0.25, -0.2) is 4.39 Å². The molecule has 0 spiro atoms. The van der Waals surface area contributed by atoms with Gasteiger partial charge in [-0.1, -0.05) is 0 Å². The second-order valence-electron chi connectivity index (χ2n) is 2.44. The summed E-state index contributed by atoms with van der Waals surface area (Å²) in [5.74, 6) is 0. The van der Waals surface area contributed by atoms with Crippen LogP contribution in [0.15, 0.2) is 0 Å². The molecule has 1 aliphatic heterocycles. The third-order valence-electron chi connectivity index (χ3n) is 1.56. The van der Waals surface area contributed by atoms with Gasteiger partial charge in [-0.2, -0.15) is 7.05 Å². The molecule has 0 saturated carbocycles. The highest BCUT2D eigenvalue weighted by atomic mass is 19.1. The van der Waals surface area contributed by atoms with E-state index in [1.165, 1.54) is 0 Å². The predicted molar refractivity (Wildman–Crippen MR) is 30.2 cm³/mol. The van der Waals surface area contributed by atoms with Gasteiger partial charge in [0.2, 0.25) is 0 Å². The molecule has 2 atom stereocenters. The van der Waals surface area contributed by atoms with E-state index >= 15 is 0 Å². The van der Waals surface area contributed by atoms with Gasteiger partial charge in [-0.15, -0.1) is 0 Å². The topological polar surface area (TPSA) is 4.44 Å². The van der Waals surface area contributed by atoms with E-state index < -0.39 is 6.17 Å². The number of rotatable bonds is 0. The lowest BCUT2D eigenvalue weighted by Crippen LogP contribution is -3.09. The number of piperidine rings is 1. The first-order valence-electron chi connectivity index (χ1n) is 3.10. The zero-order chi connectivity index (χ0) is 5.98. The molecule has 1 saturated heterocycles. The average Bonchev–Trinajstić information content (AvgIpc) is 1.64. The normalized spacial score (nSPS) is 39.8. The summed E-state index contributed by atoms with van der Waals surface area (Å²) in [6.07, 6.45) is 1.16. The Morgan fingerprint density at radius 1 is 1.62 bits per heavy atom. The number of halogens is 1. The number of hydrogen-bond acceptors (Lipinski definition) is 0. The Labute approximate surface area is 49.5 Å². The van der Waals surface area contributed by atoms with Crippen LogP contribution < -0.4 is 4.90 Å². The molecule has 2 unspecified atom stereocenters. The van der Waals surface area contributed by atoms with Gasteiger partial charge in [0, 0.05) is 0 Å². The summed E-state index contributed by atoms with van der Waals surface area (Å²) in [7, 11) is 3.72. The first-order valence-corrected chi connectivity index (χ1v) is 3.10. The van der Waals surface area contributed by atoms with Crippen LogP contribution in [0.2, 0.25) is 0 Å². The molecule has 1 nitrogen and oxygen atoms in total. The monoisotopic (exact) mass is 117 g/mol. The van der Waals surface area contributed by atoms with Gasteiger partial charge in [0.15, 0.2) is 0 Å². The summed E-state index contributed by atoms with van der Waals surface area (Å²) < 4.78 is 12.4. The third-order valence-corrected chi connectivity index (χ3v) is 1.56. The van der Waals surface area contributed by atoms with Crippen molar-refractivity contribution in [3.8, 4) is 0 Å². The van der Waals surface area contributed by atoms with Crippen molar-refractivity contribution in [1.29, 1.82) is 0 Å². The van der Waals surface area contributed by atoms with Crippen molar-refractivity contribution < 1.29 is 9.29 Å². The van der Waals surface area contributed by atoms with Gasteiger partial charge in [0.1, 0.15) is 6.17 Å². The van der Waals surface area contributed by atoms with Crippen LogP contribution >= 0.6 is 0 Å². The van der Waals surface area contributed by atoms with Gasteiger partial charge in [0.25, 0.3) is 0 Å². The van der Waals surface area contributed by atoms with Crippen molar-refractivity contribution >= 4 is 0 Å². The fourth-order valence-corrected chi connectivity index (χ4v) is 1.09. The third kappa shape index (κ3) is 1.44. The Morgan fingerprint density at radius 2 is 2.38 bits per heavy atom. The molecule has 8 heavy (non-hydrogen) atoms. The Hall–Kier alpha value is -0.110. The minimum Gasteiger partial charge on any atom is -0.465 e. The minimum atomic E-state index is -0.587. The van der Waals surface area contributed by atoms with Crippen LogP contribution in [-0.4, -0.2) is 19.3 Å². The number of hydrogen-bond donors (Lipinski definition) is 1. The summed E-state index contributed by atoms with van der Waals surface area (Å²) in [6.45, 7) is 1.65. The molecule has 0 aromatic rings. The predicted octanol–water partition coefficient (Wildman–Crippen LogP) is -0.205. The quantitative estimate of drug-likeness (QED) is 0.419. The molecule has 1 heterocycles. The molecule has 2 heteroatoms. The largest absolute Gasteiger partial charge is 0.465 e. The van der Waals surface area contributed by atoms with E-state index in [1.54, 1.807) is 0 Å². The van der Waals surface area contributed by atoms with E-state index in [4.69, 9.17) is 0 Å². The van der Waals surface area contributed by atoms with Crippen LogP contribution in [0.4, 0.5) is 4.39 Å². The lowest BCUT2D eigenvalue weighted by Gasteiger charge is -2.27. The van der Waals surface area contributed by atoms with Crippen LogP contribution in [0.5, 0.6) is 0 Å². The Bertz CT molecular complexity index is 66.9. The number of alkyl halides is 1. The van der Waals surface area contributed by atoms with Gasteiger partial charge in [-0.05, 0) is 12.8 Å². The molecule has 0 aromatic carbocycles. The molecular formula is C6H12FN. The van der Waals surface area contributed by atoms with Gasteiger partial charge in [-0.3, -0.25) is 0 Å². The van der Waals surface area contributed by atoms with Gasteiger partial charge >= 0.3 is 0 Å². The molecule has 0 amide bonds. The fraction of sp³-hybridized carbons (Fsp3) is 0.833. The minimum absolute atomic E-state index is 0.587. The van der Waals surface area contributed by atoms with Crippen molar-refractivity contribution in [2.24, 2.45) is 0 Å². The van der Waals surface area contributed by atoms with E-state index in [0.29, 0.717) is 6.54 Å². The standard InChI is InChI=1S/C6H12FN/c1-8-4-2-3-6(7)5-8/h6,8H,1-5H2. The molecular weight excluding hydrogens is 105 g/mol. The van der Waals surface area contributed by atoms with Crippen molar-refractivity contribution in [2.45, 2.75) is 19.0 Å². The van der Waals surface area contributed by atoms with Crippen LogP contribution in [0.1, 0.15) is 12.8 Å². The summed E-state index contributed by atoms with van der Waals surface area (Å²) in [6, 6.07) is 0. The van der Waals surface area contributed by atoms with Gasteiger partial charge < -0.3 is 4.90 Å². The smallest absolute Gasteiger partial charge is 0.147 e. The van der Waals surface area contributed by atoms with Crippen LogP contribution in [-0.2, 0) is 0 Å². The lowest BCUT2D eigenvalue weighted by molar-refractivity contribution is -0.862. The second-order valence-corrected chi connectivity index (χ2v) is 2.44. The van der Waals surface area contributed by atoms with Crippen LogP contribution in [0.3, 0.4) is 0 Å². The lowest BCUT2D eigenvalue weighted by atomic mass is 10.1. The van der Waals surface area contributed by atoms with E-state index in [-0.39, 0.29) is 0 Å². The molecule has 1 fully saturated rings. The number of quaternary nitrogens is 1. The SMILES string of the molecule is [CH2-][NH+]1CCCC(F)C1. The highest BCUT2D eigenvalue weighted by Crippen LogP contribution is 2.00. The van der Waals surface area contributed by atoms with E-state index in [9.17, 15) is 4.39 Å². The first kappa shape index (κ1) is 6.02. The van der Waals surface area contributed by atoms with Crippen LogP contribution in [0, 0.1) is 7.05 Å². The van der Waals surface area contributed by atoms with E-state index in [0.717, 1.165) is 24.3 Å². The maximum Gasteiger partial charge on any atom is 0.147 e. The van der Waals surface area contributed by atoms with Crippen molar-refractivity contribution in [3.05, 3.63) is 7.05 Å². The van der Waals surface area contributed by atoms with E-state index in [2.05, 4.69) is 7.05 Å². The van der Waals surface area contributed by atoms with Crippen molar-refractivity contribution in [1.82, 2.24) is 0 Å². The summed E-state index contributed by atoms with van der Waals surface area (Å²) >= 11 is 0. The highest BCUT2D eigenvalue weighted by molar-refractivity contribution is 4.57. The van der Waals surface area contributed by atoms with E-state index in [1.807, 2.05) is 0 Å². The zero-order valence-corrected chi connectivity index (χ0v) is 4.99. The maximum absolute atomic E-state index is 12.4. The van der Waals surface area contributed by atoms with Gasteiger partial charge in [0.05, 0.1) is 13.1 Å². The molecule has 0 aliphatic carbocycles. The Kier molecular flexibility index (Phi) is 1.84. The first-order chi connectivity index (χ1) is 3.79.